The van der Waals surface area contributed by atoms with Gasteiger partial charge in [0.05, 0.1) is 18.8 Å². The third kappa shape index (κ3) is 65.6. The van der Waals surface area contributed by atoms with Gasteiger partial charge in [-0.25, -0.2) is 0 Å². The number of hydrogen-bond acceptors (Lipinski definition) is 5. The van der Waals surface area contributed by atoms with Crippen molar-refractivity contribution in [3.8, 4) is 0 Å². The van der Waals surface area contributed by atoms with E-state index in [1.54, 1.807) is 0 Å². The first-order valence-corrected chi connectivity index (χ1v) is 38.9. The molecule has 0 saturated carbocycles. The van der Waals surface area contributed by atoms with Crippen LogP contribution in [0.1, 0.15) is 457 Å². The topological polar surface area (TPSA) is 110 Å². The second-order valence-electron chi connectivity index (χ2n) is 27.4. The summed E-state index contributed by atoms with van der Waals surface area (Å²) in [5.41, 5.74) is 0. The highest BCUT2D eigenvalue weighted by Crippen LogP contribution is 2.21. The Labute approximate surface area is 521 Å². The zero-order chi connectivity index (χ0) is 60.1. The molecule has 6 heteroatoms. The van der Waals surface area contributed by atoms with Crippen LogP contribution in [0.5, 0.6) is 0 Å². The summed E-state index contributed by atoms with van der Waals surface area (Å²) in [7, 11) is 0. The molecular formula is C77H155NO5. The Balaban J connectivity index is 3.47. The maximum absolute atomic E-state index is 12.7. The maximum Gasteiger partial charge on any atom is 0.249 e. The van der Waals surface area contributed by atoms with Gasteiger partial charge < -0.3 is 25.7 Å². The van der Waals surface area contributed by atoms with E-state index < -0.39 is 36.9 Å². The fraction of sp³-hybridized carbons (Fsp3) is 0.987. The number of carbonyl (C=O) groups excluding carboxylic acids is 1. The third-order valence-corrected chi connectivity index (χ3v) is 19.1. The van der Waals surface area contributed by atoms with Crippen molar-refractivity contribution >= 4 is 5.91 Å². The summed E-state index contributed by atoms with van der Waals surface area (Å²) >= 11 is 0. The van der Waals surface area contributed by atoms with E-state index in [4.69, 9.17) is 0 Å². The minimum Gasteiger partial charge on any atom is -0.394 e. The fourth-order valence-electron chi connectivity index (χ4n) is 13.1. The molecule has 0 rings (SSSR count). The van der Waals surface area contributed by atoms with Gasteiger partial charge in [-0.3, -0.25) is 4.79 Å². The number of carbonyl (C=O) groups is 1. The molecule has 0 aromatic carbocycles. The molecule has 6 nitrogen and oxygen atoms in total. The SMILES string of the molecule is CCCCCCCCCCCCCCCCCCCCCCCCCCCCCCCCCCCCCCC(O)C(=O)NC(CO)C(O)C(O)CCCCCCCCCCCCCCCCCCCCCCCCCCCCCCCCC. The summed E-state index contributed by atoms with van der Waals surface area (Å²) in [6, 6.07) is -0.983. The van der Waals surface area contributed by atoms with E-state index in [1.807, 2.05) is 0 Å². The minimum atomic E-state index is -1.26. The first kappa shape index (κ1) is 82.3. The Morgan fingerprint density at radius 3 is 0.578 bits per heavy atom. The Kier molecular flexibility index (Phi) is 71.5. The van der Waals surface area contributed by atoms with Crippen molar-refractivity contribution < 1.29 is 25.2 Å². The summed E-state index contributed by atoms with van der Waals surface area (Å²) in [6.45, 7) is 4.13. The molecule has 498 valence electrons. The quantitative estimate of drug-likeness (QED) is 0.0390. The summed E-state index contributed by atoms with van der Waals surface area (Å²) in [4.78, 5) is 12.7. The van der Waals surface area contributed by atoms with Gasteiger partial charge in [0.25, 0.3) is 0 Å². The average molecular weight is 1180 g/mol. The first-order valence-electron chi connectivity index (χ1n) is 38.9. The van der Waals surface area contributed by atoms with E-state index >= 15 is 0 Å². The third-order valence-electron chi connectivity index (χ3n) is 19.1. The van der Waals surface area contributed by atoms with Gasteiger partial charge >= 0.3 is 0 Å². The van der Waals surface area contributed by atoms with E-state index in [-0.39, 0.29) is 0 Å². The number of unbranched alkanes of at least 4 members (excludes halogenated alkanes) is 65. The molecule has 0 radical (unpaired) electrons. The van der Waals surface area contributed by atoms with E-state index in [2.05, 4.69) is 19.2 Å². The van der Waals surface area contributed by atoms with Crippen LogP contribution in [0.25, 0.3) is 0 Å². The lowest BCUT2D eigenvalue weighted by atomic mass is 9.99. The van der Waals surface area contributed by atoms with Crippen LogP contribution in [0.2, 0.25) is 0 Å². The molecule has 0 bridgehead atoms. The molecule has 0 aliphatic heterocycles. The van der Waals surface area contributed by atoms with Crippen LogP contribution in [-0.2, 0) is 4.79 Å². The lowest BCUT2D eigenvalue weighted by Crippen LogP contribution is -2.53. The van der Waals surface area contributed by atoms with Gasteiger partial charge in [-0.15, -0.1) is 0 Å². The van der Waals surface area contributed by atoms with Crippen LogP contribution in [-0.4, -0.2) is 57.3 Å². The molecule has 4 unspecified atom stereocenters. The van der Waals surface area contributed by atoms with Crippen molar-refractivity contribution in [1.29, 1.82) is 0 Å². The Hall–Kier alpha value is -0.690. The van der Waals surface area contributed by atoms with Crippen LogP contribution in [0.15, 0.2) is 0 Å². The second kappa shape index (κ2) is 72.1. The monoisotopic (exact) mass is 1170 g/mol. The van der Waals surface area contributed by atoms with Crippen LogP contribution in [0.4, 0.5) is 0 Å². The van der Waals surface area contributed by atoms with Gasteiger partial charge in [0.2, 0.25) is 5.91 Å². The average Bonchev–Trinajstić information content (AvgIpc) is 3.54. The number of hydrogen-bond donors (Lipinski definition) is 5. The lowest BCUT2D eigenvalue weighted by Gasteiger charge is -2.27. The number of rotatable bonds is 74. The normalized spacial score (nSPS) is 13.3. The lowest BCUT2D eigenvalue weighted by molar-refractivity contribution is -0.132. The highest BCUT2D eigenvalue weighted by molar-refractivity contribution is 5.80. The number of aliphatic hydroxyl groups excluding tert-OH is 4. The predicted molar refractivity (Wildman–Crippen MR) is 367 cm³/mol. The summed E-state index contributed by atoms with van der Waals surface area (Å²) in [6.07, 6.45) is 89.9. The van der Waals surface area contributed by atoms with Crippen LogP contribution in [0, 0.1) is 0 Å². The molecule has 0 saturated heterocycles. The van der Waals surface area contributed by atoms with Gasteiger partial charge in [0.15, 0.2) is 0 Å². The fourth-order valence-corrected chi connectivity index (χ4v) is 13.1. The first-order chi connectivity index (χ1) is 41.0. The second-order valence-corrected chi connectivity index (χ2v) is 27.4. The van der Waals surface area contributed by atoms with E-state index in [1.165, 1.54) is 392 Å². The Morgan fingerprint density at radius 2 is 0.410 bits per heavy atom. The van der Waals surface area contributed by atoms with Gasteiger partial charge in [0, 0.05) is 0 Å². The van der Waals surface area contributed by atoms with E-state index in [9.17, 15) is 25.2 Å². The summed E-state index contributed by atoms with van der Waals surface area (Å²) < 4.78 is 0. The molecular weight excluding hydrogens is 1020 g/mol. The number of amides is 1. The molecule has 5 N–H and O–H groups in total. The van der Waals surface area contributed by atoms with Crippen molar-refractivity contribution in [1.82, 2.24) is 5.32 Å². The summed E-state index contributed by atoms with van der Waals surface area (Å²) in [5, 5.41) is 44.4. The van der Waals surface area contributed by atoms with Crippen molar-refractivity contribution in [3.63, 3.8) is 0 Å². The molecule has 4 atom stereocenters. The van der Waals surface area contributed by atoms with Crippen LogP contribution >= 0.6 is 0 Å². The molecule has 0 spiro atoms. The standard InChI is InChI=1S/C77H155NO5/c1-3-5-7-9-11-13-15-17-19-21-23-25-27-29-31-33-35-36-37-38-39-41-43-45-47-49-51-53-55-57-59-61-63-65-67-69-71-75(81)77(83)78-73(72-79)76(82)74(80)70-68-66-64-62-60-58-56-54-52-50-48-46-44-42-40-34-32-30-28-26-24-22-20-18-16-14-12-10-8-6-4-2/h73-76,79-82H,3-72H2,1-2H3,(H,78,83). The molecule has 0 aromatic heterocycles. The number of aliphatic hydroxyl groups is 4. The van der Waals surface area contributed by atoms with Crippen LogP contribution in [0.3, 0.4) is 0 Å². The minimum absolute atomic E-state index is 0.377. The highest BCUT2D eigenvalue weighted by Gasteiger charge is 2.29. The molecule has 0 aliphatic rings. The van der Waals surface area contributed by atoms with E-state index in [0.717, 1.165) is 38.5 Å². The molecule has 0 aliphatic carbocycles. The van der Waals surface area contributed by atoms with Crippen molar-refractivity contribution in [2.24, 2.45) is 0 Å². The molecule has 1 amide bonds. The molecule has 0 fully saturated rings. The zero-order valence-corrected chi connectivity index (χ0v) is 57.0. The summed E-state index contributed by atoms with van der Waals surface area (Å²) in [5.74, 6) is -0.572. The van der Waals surface area contributed by atoms with Crippen molar-refractivity contribution in [2.75, 3.05) is 6.61 Å². The van der Waals surface area contributed by atoms with Gasteiger partial charge in [-0.05, 0) is 12.8 Å². The maximum atomic E-state index is 12.7. The largest absolute Gasteiger partial charge is 0.394 e. The van der Waals surface area contributed by atoms with Gasteiger partial charge in [-0.2, -0.15) is 0 Å². The predicted octanol–water partition coefficient (Wildman–Crippen LogP) is 24.5. The molecule has 83 heavy (non-hydrogen) atoms. The highest BCUT2D eigenvalue weighted by atomic mass is 16.3. The van der Waals surface area contributed by atoms with Crippen molar-refractivity contribution in [2.45, 2.75) is 481 Å². The molecule has 0 heterocycles. The smallest absolute Gasteiger partial charge is 0.249 e. The number of nitrogens with one attached hydrogen (secondary N) is 1. The Bertz CT molecular complexity index is 1180. The van der Waals surface area contributed by atoms with Crippen molar-refractivity contribution in [3.05, 3.63) is 0 Å². The van der Waals surface area contributed by atoms with E-state index in [0.29, 0.717) is 12.8 Å². The van der Waals surface area contributed by atoms with Gasteiger partial charge in [0.1, 0.15) is 12.2 Å². The zero-order valence-electron chi connectivity index (χ0n) is 57.0. The van der Waals surface area contributed by atoms with Crippen LogP contribution < -0.4 is 5.32 Å². The Morgan fingerprint density at radius 1 is 0.253 bits per heavy atom. The molecule has 0 aromatic rings. The van der Waals surface area contributed by atoms with Gasteiger partial charge in [-0.1, -0.05) is 444 Å².